The number of hydrogen-bond acceptors (Lipinski definition) is 5. The molecule has 2 N–H and O–H groups in total. The van der Waals surface area contributed by atoms with E-state index >= 15 is 0 Å². The maximum absolute atomic E-state index is 14.2. The number of nitrogens with zero attached hydrogens (tertiary/aromatic N) is 1. The molecule has 160 valence electrons. The highest BCUT2D eigenvalue weighted by atomic mass is 16.5. The Bertz CT molecular complexity index is 1160. The van der Waals surface area contributed by atoms with Crippen LogP contribution in [0.5, 0.6) is 11.5 Å². The molecule has 7 rings (SSSR count). The normalized spacial score (nSPS) is 39.7. The summed E-state index contributed by atoms with van der Waals surface area (Å²) in [6.07, 6.45) is 3.38. The van der Waals surface area contributed by atoms with E-state index < -0.39 is 22.5 Å². The van der Waals surface area contributed by atoms with Gasteiger partial charge in [0.1, 0.15) is 0 Å². The molecular formula is C26H27NO4. The second-order valence-electron chi connectivity index (χ2n) is 10.6. The Labute approximate surface area is 181 Å². The Balaban J connectivity index is 1.46. The molecule has 2 aliphatic heterocycles. The number of piperidine rings is 1. The second-order valence-corrected chi connectivity index (χ2v) is 10.6. The highest BCUT2D eigenvalue weighted by molar-refractivity contribution is 5.95. The molecule has 5 aliphatic rings. The molecule has 2 aromatic rings. The van der Waals surface area contributed by atoms with Gasteiger partial charge in [-0.05, 0) is 74.9 Å². The number of benzene rings is 2. The van der Waals surface area contributed by atoms with Crippen molar-refractivity contribution in [3.8, 4) is 11.5 Å². The highest BCUT2D eigenvalue weighted by Gasteiger charge is 2.76. The van der Waals surface area contributed by atoms with E-state index in [1.165, 1.54) is 11.1 Å². The van der Waals surface area contributed by atoms with Gasteiger partial charge < -0.3 is 19.8 Å². The minimum Gasteiger partial charge on any atom is -0.504 e. The maximum Gasteiger partial charge on any atom is 0.180 e. The van der Waals surface area contributed by atoms with Crippen LogP contribution in [0.3, 0.4) is 0 Å². The van der Waals surface area contributed by atoms with Gasteiger partial charge in [-0.15, -0.1) is 0 Å². The summed E-state index contributed by atoms with van der Waals surface area (Å²) in [6, 6.07) is 12.0. The van der Waals surface area contributed by atoms with Gasteiger partial charge in [-0.2, -0.15) is 0 Å². The Morgan fingerprint density at radius 2 is 1.90 bits per heavy atom. The number of ether oxygens (including phenoxy) is 1. The van der Waals surface area contributed by atoms with Crippen molar-refractivity contribution in [1.29, 1.82) is 0 Å². The fourth-order valence-electron chi connectivity index (χ4n) is 7.96. The molecule has 5 nitrogen and oxygen atoms in total. The van der Waals surface area contributed by atoms with Crippen molar-refractivity contribution in [1.82, 2.24) is 4.90 Å². The molecule has 3 aliphatic carbocycles. The zero-order valence-electron chi connectivity index (χ0n) is 17.7. The van der Waals surface area contributed by atoms with E-state index in [-0.39, 0.29) is 17.6 Å². The number of phenols is 1. The summed E-state index contributed by atoms with van der Waals surface area (Å²) in [4.78, 5) is 16.5. The van der Waals surface area contributed by atoms with E-state index in [0.29, 0.717) is 31.4 Å². The summed E-state index contributed by atoms with van der Waals surface area (Å²) in [5, 5.41) is 23.2. The van der Waals surface area contributed by atoms with Crippen LogP contribution < -0.4 is 4.74 Å². The zero-order valence-corrected chi connectivity index (χ0v) is 17.7. The van der Waals surface area contributed by atoms with Gasteiger partial charge in [-0.25, -0.2) is 0 Å². The van der Waals surface area contributed by atoms with E-state index in [2.05, 4.69) is 30.1 Å². The number of carbonyl (C=O) groups excluding carboxylic acids is 1. The van der Waals surface area contributed by atoms with Crippen LogP contribution >= 0.6 is 0 Å². The third kappa shape index (κ3) is 1.90. The molecule has 1 saturated carbocycles. The summed E-state index contributed by atoms with van der Waals surface area (Å²) in [5.74, 6) is 0.641. The van der Waals surface area contributed by atoms with E-state index in [9.17, 15) is 15.0 Å². The molecule has 2 bridgehead atoms. The number of ketones is 1. The zero-order chi connectivity index (χ0) is 21.2. The topological polar surface area (TPSA) is 70.0 Å². The van der Waals surface area contributed by atoms with E-state index in [1.54, 1.807) is 6.07 Å². The molecule has 2 spiro atoms. The van der Waals surface area contributed by atoms with Crippen LogP contribution in [0, 0.1) is 5.41 Å². The molecular weight excluding hydrogens is 390 g/mol. The minimum atomic E-state index is -1.06. The summed E-state index contributed by atoms with van der Waals surface area (Å²) in [7, 11) is 2.09. The monoisotopic (exact) mass is 417 g/mol. The number of aromatic hydroxyl groups is 1. The van der Waals surface area contributed by atoms with Gasteiger partial charge in [0.15, 0.2) is 23.4 Å². The van der Waals surface area contributed by atoms with Crippen LogP contribution in [0.4, 0.5) is 0 Å². The van der Waals surface area contributed by atoms with Gasteiger partial charge in [-0.1, -0.05) is 30.3 Å². The average Bonchev–Trinajstić information content (AvgIpc) is 3.12. The predicted molar refractivity (Wildman–Crippen MR) is 114 cm³/mol. The van der Waals surface area contributed by atoms with Crippen molar-refractivity contribution in [2.75, 3.05) is 13.6 Å². The number of Topliss-reactive ketones (excluding diaryl/α,β-unsaturated/α-hetero) is 1. The molecule has 2 aromatic carbocycles. The summed E-state index contributed by atoms with van der Waals surface area (Å²) >= 11 is 0. The number of carbonyl (C=O) groups is 1. The van der Waals surface area contributed by atoms with Gasteiger partial charge in [0, 0.05) is 17.0 Å². The van der Waals surface area contributed by atoms with Crippen LogP contribution in [0.1, 0.15) is 41.5 Å². The second kappa shape index (κ2) is 5.51. The number of likely N-dealkylation sites (N-methyl/N-ethyl adjacent to an activating group) is 1. The minimum absolute atomic E-state index is 0.0579. The first kappa shape index (κ1) is 18.2. The number of aliphatic hydroxyl groups is 1. The van der Waals surface area contributed by atoms with E-state index in [1.807, 2.05) is 12.1 Å². The Hall–Kier alpha value is -2.37. The van der Waals surface area contributed by atoms with E-state index in [4.69, 9.17) is 4.74 Å². The fraction of sp³-hybridized carbons (Fsp3) is 0.500. The molecule has 5 atom stereocenters. The van der Waals surface area contributed by atoms with Crippen molar-refractivity contribution >= 4 is 5.78 Å². The molecule has 2 fully saturated rings. The maximum atomic E-state index is 14.2. The smallest absolute Gasteiger partial charge is 0.180 e. The number of hydrogen-bond donors (Lipinski definition) is 2. The summed E-state index contributed by atoms with van der Waals surface area (Å²) in [5.41, 5.74) is 2.10. The number of aryl methyl sites for hydroxylation is 1. The third-order valence-corrected chi connectivity index (χ3v) is 9.37. The largest absolute Gasteiger partial charge is 0.504 e. The third-order valence-electron chi connectivity index (χ3n) is 9.37. The van der Waals surface area contributed by atoms with Crippen LogP contribution in [0.2, 0.25) is 0 Å². The lowest BCUT2D eigenvalue weighted by atomic mass is 9.43. The molecule has 1 saturated heterocycles. The lowest BCUT2D eigenvalue weighted by Gasteiger charge is -2.65. The number of rotatable bonds is 0. The SMILES string of the molecule is CN1CCC23c4c5ccc(O)c4O[C@H]2C(=O)[C@@]2(CCc4ccccc4C2)C[C@@]3(O)C1C5. The Morgan fingerprint density at radius 1 is 1.10 bits per heavy atom. The van der Waals surface area contributed by atoms with Crippen LogP contribution in [-0.2, 0) is 29.5 Å². The van der Waals surface area contributed by atoms with Gasteiger partial charge in [0.25, 0.3) is 0 Å². The quantitative estimate of drug-likeness (QED) is 0.690. The standard InChI is InChI=1S/C26H27NO4/c1-27-11-10-25-20-16-6-7-18(28)21(20)31-23(25)22(29)24(14-26(25,30)19(27)12-16)9-8-15-4-2-3-5-17(15)13-24/h2-7,19,23,28,30H,8-14H2,1H3/t19?,23-,24+,25?,26+/m0/s1. The lowest BCUT2D eigenvalue weighted by Crippen LogP contribution is -2.79. The predicted octanol–water partition coefficient (Wildman–Crippen LogP) is 2.53. The van der Waals surface area contributed by atoms with Crippen LogP contribution in [0.15, 0.2) is 36.4 Å². The Kier molecular flexibility index (Phi) is 3.24. The molecule has 31 heavy (non-hydrogen) atoms. The number of phenolic OH excluding ortho intramolecular Hbond substituents is 1. The summed E-state index contributed by atoms with van der Waals surface area (Å²) < 4.78 is 6.36. The van der Waals surface area contributed by atoms with E-state index in [0.717, 1.165) is 30.5 Å². The van der Waals surface area contributed by atoms with Crippen molar-refractivity contribution in [2.24, 2.45) is 5.41 Å². The lowest BCUT2D eigenvalue weighted by molar-refractivity contribution is -0.208. The van der Waals surface area contributed by atoms with Gasteiger partial charge in [0.2, 0.25) is 0 Å². The molecule has 5 heteroatoms. The number of fused-ring (bicyclic) bond motifs is 1. The molecule has 2 heterocycles. The summed E-state index contributed by atoms with van der Waals surface area (Å²) in [6.45, 7) is 0.810. The highest BCUT2D eigenvalue weighted by Crippen LogP contribution is 2.68. The van der Waals surface area contributed by atoms with Gasteiger partial charge in [0.05, 0.1) is 11.0 Å². The fourth-order valence-corrected chi connectivity index (χ4v) is 7.96. The first-order valence-corrected chi connectivity index (χ1v) is 11.5. The van der Waals surface area contributed by atoms with Crippen molar-refractivity contribution < 1.29 is 19.7 Å². The van der Waals surface area contributed by atoms with Crippen LogP contribution in [-0.4, -0.2) is 52.2 Å². The van der Waals surface area contributed by atoms with Crippen molar-refractivity contribution in [2.45, 2.75) is 61.7 Å². The molecule has 2 unspecified atom stereocenters. The van der Waals surface area contributed by atoms with Gasteiger partial charge >= 0.3 is 0 Å². The first-order valence-electron chi connectivity index (χ1n) is 11.5. The van der Waals surface area contributed by atoms with Crippen LogP contribution in [0.25, 0.3) is 0 Å². The van der Waals surface area contributed by atoms with Gasteiger partial charge in [-0.3, -0.25) is 4.79 Å². The number of likely N-dealkylation sites (tertiary alicyclic amines) is 1. The van der Waals surface area contributed by atoms with Crippen molar-refractivity contribution in [3.63, 3.8) is 0 Å². The van der Waals surface area contributed by atoms with Crippen molar-refractivity contribution in [3.05, 3.63) is 58.7 Å². The molecule has 0 amide bonds. The first-order chi connectivity index (χ1) is 14.9. The average molecular weight is 418 g/mol. The molecule has 0 aromatic heterocycles. The Morgan fingerprint density at radius 3 is 2.74 bits per heavy atom. The molecule has 0 radical (unpaired) electrons.